The number of ether oxygens (including phenoxy) is 2. The lowest BCUT2D eigenvalue weighted by molar-refractivity contribution is -0.140. The van der Waals surface area contributed by atoms with E-state index in [2.05, 4.69) is 9.47 Å². The van der Waals surface area contributed by atoms with E-state index in [1.54, 1.807) is 0 Å². The summed E-state index contributed by atoms with van der Waals surface area (Å²) in [7, 11) is 0. The molecule has 0 aromatic heterocycles. The van der Waals surface area contributed by atoms with E-state index >= 15 is 0 Å². The van der Waals surface area contributed by atoms with Crippen LogP contribution in [-0.2, 0) is 9.47 Å². The summed E-state index contributed by atoms with van der Waals surface area (Å²) in [6.07, 6.45) is -10.4. The number of alkyl halides is 6. The molecule has 1 aliphatic heterocycles. The summed E-state index contributed by atoms with van der Waals surface area (Å²) in [5, 5.41) is 0. The van der Waals surface area contributed by atoms with Crippen LogP contribution >= 0.6 is 0 Å². The summed E-state index contributed by atoms with van der Waals surface area (Å²) in [6.45, 7) is -1.07. The lowest BCUT2D eigenvalue weighted by Crippen LogP contribution is -2.20. The highest BCUT2D eigenvalue weighted by atomic mass is 19.4. The van der Waals surface area contributed by atoms with Gasteiger partial charge in [-0.15, -0.1) is 0 Å². The van der Waals surface area contributed by atoms with Gasteiger partial charge in [0.1, 0.15) is 0 Å². The highest BCUT2D eigenvalue weighted by Gasteiger charge is 2.52. The fraction of sp³-hybridized carbons (Fsp3) is 0.600. The molecule has 0 aliphatic carbocycles. The van der Waals surface area contributed by atoms with Crippen LogP contribution in [0.1, 0.15) is 0 Å². The zero-order valence-electron chi connectivity index (χ0n) is 5.79. The Hall–Kier alpha value is -1.08. The molecule has 0 aromatic rings. The molecule has 0 unspecified atom stereocenters. The second kappa shape index (κ2) is 2.71. The molecular formula is C5H2F6O2. The normalized spacial score (nSPS) is 18.6. The van der Waals surface area contributed by atoms with Crippen molar-refractivity contribution in [3.05, 3.63) is 11.5 Å². The van der Waals surface area contributed by atoms with Crippen LogP contribution in [0.15, 0.2) is 11.5 Å². The number of rotatable bonds is 0. The third kappa shape index (κ3) is 1.99. The summed E-state index contributed by atoms with van der Waals surface area (Å²) >= 11 is 0. The van der Waals surface area contributed by atoms with Crippen LogP contribution in [0.4, 0.5) is 26.3 Å². The first kappa shape index (κ1) is 10.0. The Morgan fingerprint density at radius 1 is 0.769 bits per heavy atom. The van der Waals surface area contributed by atoms with Gasteiger partial charge in [-0.2, -0.15) is 26.3 Å². The molecule has 0 atom stereocenters. The first-order chi connectivity index (χ1) is 5.73. The van der Waals surface area contributed by atoms with Gasteiger partial charge in [-0.25, -0.2) is 0 Å². The molecule has 0 saturated carbocycles. The Balaban J connectivity index is 3.04. The van der Waals surface area contributed by atoms with Crippen molar-refractivity contribution in [3.8, 4) is 0 Å². The standard InChI is InChI=1S/C5H2F6O2/c6-4(7,8)2-3(5(9,10)11)13-1-12-2/h1H2. The number of allylic oxidation sites excluding steroid dienone is 2. The highest BCUT2D eigenvalue weighted by Crippen LogP contribution is 2.40. The average molecular weight is 208 g/mol. The van der Waals surface area contributed by atoms with Crippen molar-refractivity contribution in [2.45, 2.75) is 12.4 Å². The maximum Gasteiger partial charge on any atom is 0.452 e. The minimum atomic E-state index is -5.18. The van der Waals surface area contributed by atoms with E-state index in [0.29, 0.717) is 0 Å². The highest BCUT2D eigenvalue weighted by molar-refractivity contribution is 5.14. The van der Waals surface area contributed by atoms with Crippen LogP contribution in [0.25, 0.3) is 0 Å². The van der Waals surface area contributed by atoms with Gasteiger partial charge in [0.15, 0.2) is 0 Å². The smallest absolute Gasteiger partial charge is 0.449 e. The third-order valence-corrected chi connectivity index (χ3v) is 1.13. The van der Waals surface area contributed by atoms with E-state index in [4.69, 9.17) is 0 Å². The Kier molecular flexibility index (Phi) is 2.08. The predicted molar refractivity (Wildman–Crippen MR) is 26.2 cm³/mol. The maximum absolute atomic E-state index is 11.8. The summed E-state index contributed by atoms with van der Waals surface area (Å²) in [5.41, 5.74) is 0. The summed E-state index contributed by atoms with van der Waals surface area (Å²) < 4.78 is 78.0. The Morgan fingerprint density at radius 2 is 1.08 bits per heavy atom. The Morgan fingerprint density at radius 3 is 1.31 bits per heavy atom. The van der Waals surface area contributed by atoms with E-state index in [0.717, 1.165) is 0 Å². The van der Waals surface area contributed by atoms with Crippen LogP contribution in [0.3, 0.4) is 0 Å². The van der Waals surface area contributed by atoms with Crippen molar-refractivity contribution in [2.24, 2.45) is 0 Å². The van der Waals surface area contributed by atoms with E-state index < -0.39 is 30.7 Å². The Labute approximate surface area is 67.7 Å². The number of hydrogen-bond acceptors (Lipinski definition) is 2. The molecule has 0 radical (unpaired) electrons. The lowest BCUT2D eigenvalue weighted by Gasteiger charge is -2.09. The van der Waals surface area contributed by atoms with Crippen molar-refractivity contribution in [1.29, 1.82) is 0 Å². The molecular weight excluding hydrogens is 206 g/mol. The molecule has 1 rings (SSSR count). The van der Waals surface area contributed by atoms with Gasteiger partial charge < -0.3 is 9.47 Å². The first-order valence-electron chi connectivity index (χ1n) is 2.87. The second-order valence-corrected chi connectivity index (χ2v) is 2.06. The Bertz CT molecular complexity index is 212. The van der Waals surface area contributed by atoms with Crippen LogP contribution in [0.5, 0.6) is 0 Å². The van der Waals surface area contributed by atoms with Crippen molar-refractivity contribution < 1.29 is 35.8 Å². The molecule has 0 amide bonds. The molecule has 0 saturated heterocycles. The van der Waals surface area contributed by atoms with Crippen LogP contribution in [0, 0.1) is 0 Å². The molecule has 0 N–H and O–H groups in total. The van der Waals surface area contributed by atoms with Gasteiger partial charge in [0.2, 0.25) is 6.79 Å². The van der Waals surface area contributed by atoms with Crippen LogP contribution in [0.2, 0.25) is 0 Å². The fourth-order valence-electron chi connectivity index (χ4n) is 0.700. The summed E-state index contributed by atoms with van der Waals surface area (Å²) in [6, 6.07) is 0. The van der Waals surface area contributed by atoms with Gasteiger partial charge in [0, 0.05) is 0 Å². The number of hydrogen-bond donors (Lipinski definition) is 0. The monoisotopic (exact) mass is 208 g/mol. The predicted octanol–water partition coefficient (Wildman–Crippen LogP) is 2.33. The lowest BCUT2D eigenvalue weighted by atomic mass is 10.4. The van der Waals surface area contributed by atoms with E-state index in [1.165, 1.54) is 0 Å². The van der Waals surface area contributed by atoms with Gasteiger partial charge in [-0.1, -0.05) is 0 Å². The second-order valence-electron chi connectivity index (χ2n) is 2.06. The zero-order valence-corrected chi connectivity index (χ0v) is 5.79. The molecule has 76 valence electrons. The largest absolute Gasteiger partial charge is 0.452 e. The molecule has 1 aliphatic rings. The van der Waals surface area contributed by atoms with Crippen molar-refractivity contribution in [3.63, 3.8) is 0 Å². The molecule has 1 heterocycles. The van der Waals surface area contributed by atoms with Crippen LogP contribution in [-0.4, -0.2) is 19.1 Å². The SMILES string of the molecule is FC(F)(F)C1=C(C(F)(F)F)OCO1. The van der Waals surface area contributed by atoms with E-state index in [-0.39, 0.29) is 0 Å². The van der Waals surface area contributed by atoms with E-state index in [1.807, 2.05) is 0 Å². The summed E-state index contributed by atoms with van der Waals surface area (Å²) in [5.74, 6) is -4.25. The third-order valence-electron chi connectivity index (χ3n) is 1.13. The van der Waals surface area contributed by atoms with Crippen molar-refractivity contribution >= 4 is 0 Å². The summed E-state index contributed by atoms with van der Waals surface area (Å²) in [4.78, 5) is 0. The maximum atomic E-state index is 11.8. The fourth-order valence-corrected chi connectivity index (χ4v) is 0.700. The average Bonchev–Trinajstić information content (AvgIpc) is 2.27. The molecule has 0 aromatic carbocycles. The quantitative estimate of drug-likeness (QED) is 0.568. The molecule has 0 fully saturated rings. The molecule has 2 nitrogen and oxygen atoms in total. The van der Waals surface area contributed by atoms with Crippen LogP contribution < -0.4 is 0 Å². The molecule has 8 heteroatoms. The minimum Gasteiger partial charge on any atom is -0.449 e. The minimum absolute atomic E-state index is 1.07. The van der Waals surface area contributed by atoms with Crippen molar-refractivity contribution in [2.75, 3.05) is 6.79 Å². The number of halogens is 6. The van der Waals surface area contributed by atoms with E-state index in [9.17, 15) is 26.3 Å². The molecule has 0 spiro atoms. The topological polar surface area (TPSA) is 18.5 Å². The molecule has 13 heavy (non-hydrogen) atoms. The van der Waals surface area contributed by atoms with Gasteiger partial charge in [0.05, 0.1) is 0 Å². The van der Waals surface area contributed by atoms with Gasteiger partial charge in [0.25, 0.3) is 11.5 Å². The first-order valence-corrected chi connectivity index (χ1v) is 2.87. The van der Waals surface area contributed by atoms with Gasteiger partial charge in [-0.05, 0) is 0 Å². The zero-order chi connectivity index (χ0) is 10.3. The van der Waals surface area contributed by atoms with Crippen molar-refractivity contribution in [1.82, 2.24) is 0 Å². The van der Waals surface area contributed by atoms with Gasteiger partial charge >= 0.3 is 12.4 Å². The van der Waals surface area contributed by atoms with Gasteiger partial charge in [-0.3, -0.25) is 0 Å². The molecule has 0 bridgehead atoms.